The number of carbonyl (C=O) groups is 9. The molecule has 1 heterocycles. The second kappa shape index (κ2) is 25.2. The van der Waals surface area contributed by atoms with Gasteiger partial charge in [-0.1, -0.05) is 54.9 Å². The highest BCUT2D eigenvalue weighted by atomic mass is 16.3. The van der Waals surface area contributed by atoms with Gasteiger partial charge in [0.25, 0.3) is 0 Å². The fourth-order valence-corrected chi connectivity index (χ4v) is 7.65. The van der Waals surface area contributed by atoms with Crippen molar-refractivity contribution < 1.29 is 63.6 Å². The van der Waals surface area contributed by atoms with Crippen LogP contribution in [-0.2, 0) is 43.2 Å². The fourth-order valence-electron chi connectivity index (χ4n) is 7.65. The quantitative estimate of drug-likeness (QED) is 0.0781. The van der Waals surface area contributed by atoms with Crippen molar-refractivity contribution in [2.75, 3.05) is 6.54 Å². The monoisotopic (exact) mass is 918 g/mol. The van der Waals surface area contributed by atoms with Crippen molar-refractivity contribution in [3.05, 3.63) is 23.3 Å². The number of ketones is 2. The summed E-state index contributed by atoms with van der Waals surface area (Å²) < 4.78 is 0. The molecular weight excluding hydrogens is 847 g/mol. The third-order valence-electron chi connectivity index (χ3n) is 12.1. The molecule has 0 unspecified atom stereocenters. The van der Waals surface area contributed by atoms with Crippen molar-refractivity contribution >= 4 is 52.9 Å². The summed E-state index contributed by atoms with van der Waals surface area (Å²) in [4.78, 5) is 119. The molecule has 11 N–H and O–H groups in total. The molecule has 20 nitrogen and oxygen atoms in total. The maximum Gasteiger partial charge on any atom is 0.247 e. The number of phenols is 2. The molecule has 1 aliphatic rings. The van der Waals surface area contributed by atoms with E-state index in [1.807, 2.05) is 13.8 Å². The maximum atomic E-state index is 14.1. The number of aliphatic hydroxyl groups excluding tert-OH is 2. The molecule has 0 spiro atoms. The van der Waals surface area contributed by atoms with Crippen LogP contribution in [0.1, 0.15) is 119 Å². The van der Waals surface area contributed by atoms with Crippen molar-refractivity contribution in [3.8, 4) is 11.5 Å². The van der Waals surface area contributed by atoms with E-state index in [-0.39, 0.29) is 28.7 Å². The van der Waals surface area contributed by atoms with E-state index in [4.69, 9.17) is 0 Å². The lowest BCUT2D eigenvalue weighted by atomic mass is 9.81. The van der Waals surface area contributed by atoms with E-state index in [0.717, 1.165) is 12.1 Å². The first-order valence-corrected chi connectivity index (χ1v) is 22.3. The first kappa shape index (κ1) is 55.5. The molecule has 0 aromatic heterocycles. The molecule has 20 heteroatoms. The minimum Gasteiger partial charge on any atom is -0.508 e. The predicted molar refractivity (Wildman–Crippen MR) is 237 cm³/mol. The van der Waals surface area contributed by atoms with E-state index in [1.54, 1.807) is 34.6 Å². The van der Waals surface area contributed by atoms with Gasteiger partial charge in [-0.05, 0) is 76.0 Å². The average Bonchev–Trinajstić information content (AvgIpc) is 3.24. The Morgan fingerprint density at radius 1 is 0.785 bits per heavy atom. The van der Waals surface area contributed by atoms with Crippen LogP contribution in [0.4, 0.5) is 0 Å². The lowest BCUT2D eigenvalue weighted by Gasteiger charge is -2.29. The van der Waals surface area contributed by atoms with Gasteiger partial charge in [-0.25, -0.2) is 0 Å². The molecule has 1 saturated heterocycles. The van der Waals surface area contributed by atoms with Crippen LogP contribution in [0.15, 0.2) is 12.1 Å². The van der Waals surface area contributed by atoms with Crippen LogP contribution in [0.3, 0.4) is 0 Å². The van der Waals surface area contributed by atoms with E-state index >= 15 is 0 Å². The zero-order valence-corrected chi connectivity index (χ0v) is 39.4. The molecule has 7 amide bonds. The Bertz CT molecular complexity index is 1890. The van der Waals surface area contributed by atoms with Crippen LogP contribution in [0.5, 0.6) is 11.5 Å². The summed E-state index contributed by atoms with van der Waals surface area (Å²) in [5, 5.41) is 59.4. The number of phenolic OH excluding ortho intramolecular Hbond substituents is 2. The molecule has 13 atom stereocenters. The van der Waals surface area contributed by atoms with Crippen LogP contribution in [0, 0.1) is 36.5 Å². The lowest BCUT2D eigenvalue weighted by molar-refractivity contribution is -0.137. The summed E-state index contributed by atoms with van der Waals surface area (Å²) in [5.41, 5.74) is -0.00954. The van der Waals surface area contributed by atoms with Crippen LogP contribution >= 0.6 is 0 Å². The molecule has 1 aromatic rings. The molecule has 1 aromatic carbocycles. The Morgan fingerprint density at radius 3 is 1.94 bits per heavy atom. The Balaban J connectivity index is 2.25. The van der Waals surface area contributed by atoms with E-state index in [9.17, 15) is 63.6 Å². The third kappa shape index (κ3) is 16.1. The molecule has 0 aliphatic carbocycles. The van der Waals surface area contributed by atoms with Crippen LogP contribution in [-0.4, -0.2) is 122 Å². The summed E-state index contributed by atoms with van der Waals surface area (Å²) >= 11 is 0. The number of carbonyl (C=O) groups excluding carboxylic acids is 9. The average molecular weight is 918 g/mol. The Morgan fingerprint density at radius 2 is 1.38 bits per heavy atom. The zero-order valence-electron chi connectivity index (χ0n) is 39.4. The molecule has 364 valence electrons. The van der Waals surface area contributed by atoms with Gasteiger partial charge < -0.3 is 57.6 Å². The Labute approximate surface area is 380 Å². The highest BCUT2D eigenvalue weighted by Gasteiger charge is 2.38. The normalized spacial score (nSPS) is 22.7. The highest BCUT2D eigenvalue weighted by molar-refractivity contribution is 6.01. The van der Waals surface area contributed by atoms with Gasteiger partial charge in [0, 0.05) is 23.8 Å². The van der Waals surface area contributed by atoms with Crippen molar-refractivity contribution in [2.45, 2.75) is 157 Å². The number of aliphatic hydroxyl groups is 2. The van der Waals surface area contributed by atoms with Gasteiger partial charge in [-0.3, -0.25) is 43.2 Å². The van der Waals surface area contributed by atoms with Gasteiger partial charge in [0.05, 0.1) is 31.2 Å². The van der Waals surface area contributed by atoms with Gasteiger partial charge in [0.15, 0.2) is 0 Å². The standard InChI is InChI=1S/C45H71N7O13/c1-12-21(4)36-42(62)46-19-35(59)47-26(9)37(43(63)52-39(45(65)50-36)29-16-32(56)24(7)33(57)17-29)51-41(61)27(10)48-44(64)38(28(11)53)49-34(58)18-31(55)22(5)14-20(3)15-23(6)40(60)25(8)30(54)13-2/h16-17,20-23,25-28,36-40,53,56-57,60H,12-15,18-19H2,1-11H3,(H,46,62)(H,47,59)(H,48,64)(H,49,58)(H,50,65)(H,51,61)(H,52,63)/t20-,21+,22+,23-,25+,26-,27+,28-,36+,37-,38-,39+,40+/m1/s1. The number of Topliss-reactive ketones (excluding diaryl/α,β-unsaturated/α-hetero) is 2. The van der Waals surface area contributed by atoms with Crippen molar-refractivity contribution in [1.82, 2.24) is 37.2 Å². The number of aromatic hydroxyl groups is 2. The summed E-state index contributed by atoms with van der Waals surface area (Å²) in [6.07, 6.45) is -1.31. The molecule has 0 saturated carbocycles. The number of benzene rings is 1. The van der Waals surface area contributed by atoms with Crippen molar-refractivity contribution in [2.24, 2.45) is 29.6 Å². The van der Waals surface area contributed by atoms with Crippen LogP contribution < -0.4 is 37.2 Å². The topological polar surface area (TPSA) is 319 Å². The summed E-state index contributed by atoms with van der Waals surface area (Å²) in [7, 11) is 0. The second-order valence-electron chi connectivity index (χ2n) is 17.8. The maximum absolute atomic E-state index is 14.1. The highest BCUT2D eigenvalue weighted by Crippen LogP contribution is 2.31. The molecule has 1 aliphatic heterocycles. The predicted octanol–water partition coefficient (Wildman–Crippen LogP) is 0.208. The number of hydrogen-bond acceptors (Lipinski definition) is 13. The number of rotatable bonds is 20. The van der Waals surface area contributed by atoms with Gasteiger partial charge in [-0.15, -0.1) is 0 Å². The van der Waals surface area contributed by atoms with Gasteiger partial charge in [0.1, 0.15) is 53.3 Å². The summed E-state index contributed by atoms with van der Waals surface area (Å²) in [6, 6.07) is -6.51. The molecule has 0 bridgehead atoms. The minimum absolute atomic E-state index is 0.0440. The first-order chi connectivity index (χ1) is 30.2. The van der Waals surface area contributed by atoms with Gasteiger partial charge in [-0.2, -0.15) is 0 Å². The minimum atomic E-state index is -1.66. The summed E-state index contributed by atoms with van der Waals surface area (Å²) in [6.45, 7) is 16.9. The molecular formula is C45H71N7O13. The fraction of sp³-hybridized carbons (Fsp3) is 0.667. The van der Waals surface area contributed by atoms with E-state index in [0.29, 0.717) is 25.7 Å². The summed E-state index contributed by atoms with van der Waals surface area (Å²) in [5.74, 6) is -9.39. The van der Waals surface area contributed by atoms with Crippen molar-refractivity contribution in [3.63, 3.8) is 0 Å². The van der Waals surface area contributed by atoms with Crippen LogP contribution in [0.2, 0.25) is 0 Å². The Kier molecular flexibility index (Phi) is 21.5. The first-order valence-electron chi connectivity index (χ1n) is 22.3. The second-order valence-corrected chi connectivity index (χ2v) is 17.8. The zero-order chi connectivity index (χ0) is 49.6. The molecule has 65 heavy (non-hydrogen) atoms. The SMILES string of the molecule is CCC(=O)[C@H](C)[C@@H](O)[C@H](C)C[C@H](C)C[C@H](C)C(=O)CC(=O)N[C@@H](C(=O)N[C@@H](C)C(=O)N[C@H]1C(=O)N[C@@H](c2cc(O)c(C)c(O)c2)C(=O)N[C@@H]([C@@H](C)CC)C(=O)NCC(=O)N[C@@H]1C)[C@@H](C)O. The van der Waals surface area contributed by atoms with Gasteiger partial charge in [0.2, 0.25) is 41.4 Å². The Hall–Kier alpha value is -5.63. The number of hydrogen-bond donors (Lipinski definition) is 11. The van der Waals surface area contributed by atoms with Crippen LogP contribution in [0.25, 0.3) is 0 Å². The molecule has 0 radical (unpaired) electrons. The van der Waals surface area contributed by atoms with Gasteiger partial charge >= 0.3 is 0 Å². The lowest BCUT2D eigenvalue weighted by Crippen LogP contribution is -2.62. The number of amides is 7. The van der Waals surface area contributed by atoms with Crippen molar-refractivity contribution in [1.29, 1.82) is 0 Å². The van der Waals surface area contributed by atoms with E-state index in [2.05, 4.69) is 37.2 Å². The molecule has 1 fully saturated rings. The van der Waals surface area contributed by atoms with E-state index in [1.165, 1.54) is 27.7 Å². The third-order valence-corrected chi connectivity index (χ3v) is 12.1. The number of nitrogens with one attached hydrogen (secondary N) is 7. The van der Waals surface area contributed by atoms with E-state index < -0.39 is 138 Å². The smallest absolute Gasteiger partial charge is 0.247 e. The molecule has 2 rings (SSSR count). The largest absolute Gasteiger partial charge is 0.508 e.